The lowest BCUT2D eigenvalue weighted by molar-refractivity contribution is -0.204. The summed E-state index contributed by atoms with van der Waals surface area (Å²) in [6, 6.07) is 5.47. The molecule has 3 aliphatic rings. The monoisotopic (exact) mass is 360 g/mol. The predicted molar refractivity (Wildman–Crippen MR) is 98.3 cm³/mol. The third-order valence-electron chi connectivity index (χ3n) is 6.72. The van der Waals surface area contributed by atoms with Crippen LogP contribution >= 0.6 is 0 Å². The number of halogens is 1. The van der Waals surface area contributed by atoms with E-state index >= 15 is 0 Å². The van der Waals surface area contributed by atoms with Crippen LogP contribution in [0.25, 0.3) is 0 Å². The minimum absolute atomic E-state index is 0.278. The van der Waals surface area contributed by atoms with E-state index in [0.29, 0.717) is 56.3 Å². The quantitative estimate of drug-likeness (QED) is 0.788. The van der Waals surface area contributed by atoms with E-state index < -0.39 is 11.4 Å². The second-order valence-electron chi connectivity index (χ2n) is 8.23. The maximum atomic E-state index is 14.9. The summed E-state index contributed by atoms with van der Waals surface area (Å²) in [4.78, 5) is 0. The highest BCUT2D eigenvalue weighted by atomic mass is 19.1. The fraction of sp³-hybridized carbons (Fsp3) is 0.636. The Morgan fingerprint density at radius 1 is 1.04 bits per heavy atom. The van der Waals surface area contributed by atoms with E-state index in [1.807, 2.05) is 12.1 Å². The topological polar surface area (TPSA) is 38.7 Å². The molecule has 1 aromatic carbocycles. The predicted octanol–water partition coefficient (Wildman–Crippen LogP) is 4.79. The SMILES string of the molecule is C=CC1CCC(c2ccc(C3(O)CCC4(CC3)OCCO4)c(F)c2)CC1. The van der Waals surface area contributed by atoms with Crippen molar-refractivity contribution in [3.05, 3.63) is 47.8 Å². The fourth-order valence-electron chi connectivity index (χ4n) is 4.95. The van der Waals surface area contributed by atoms with Gasteiger partial charge in [0, 0.05) is 18.4 Å². The van der Waals surface area contributed by atoms with E-state index in [0.717, 1.165) is 31.2 Å². The number of hydrogen-bond donors (Lipinski definition) is 1. The summed E-state index contributed by atoms with van der Waals surface area (Å²) in [5.41, 5.74) is 0.366. The molecule has 4 rings (SSSR count). The van der Waals surface area contributed by atoms with Gasteiger partial charge in [0.25, 0.3) is 0 Å². The molecule has 4 heteroatoms. The summed E-state index contributed by atoms with van der Waals surface area (Å²) >= 11 is 0. The van der Waals surface area contributed by atoms with Gasteiger partial charge in [-0.25, -0.2) is 4.39 Å². The highest BCUT2D eigenvalue weighted by Gasteiger charge is 2.47. The average Bonchev–Trinajstić information content (AvgIpc) is 3.13. The van der Waals surface area contributed by atoms with Crippen molar-refractivity contribution in [1.29, 1.82) is 0 Å². The molecule has 3 nitrogen and oxygen atoms in total. The van der Waals surface area contributed by atoms with Crippen LogP contribution in [0.5, 0.6) is 0 Å². The normalized spacial score (nSPS) is 30.4. The highest BCUT2D eigenvalue weighted by molar-refractivity contribution is 5.32. The summed E-state index contributed by atoms with van der Waals surface area (Å²) in [5.74, 6) is 0.192. The molecule has 0 aromatic heterocycles. The van der Waals surface area contributed by atoms with Crippen LogP contribution in [0.3, 0.4) is 0 Å². The van der Waals surface area contributed by atoms with Crippen molar-refractivity contribution in [2.24, 2.45) is 5.92 Å². The van der Waals surface area contributed by atoms with Gasteiger partial charge in [-0.3, -0.25) is 0 Å². The fourth-order valence-corrected chi connectivity index (χ4v) is 4.95. The van der Waals surface area contributed by atoms with Gasteiger partial charge in [0.05, 0.1) is 18.8 Å². The van der Waals surface area contributed by atoms with Gasteiger partial charge in [-0.1, -0.05) is 18.2 Å². The molecule has 0 radical (unpaired) electrons. The van der Waals surface area contributed by atoms with E-state index in [-0.39, 0.29) is 5.82 Å². The standard InChI is InChI=1S/C22H29FO3/c1-2-16-3-5-17(6-4-16)18-7-8-19(20(23)15-18)21(24)9-11-22(12-10-21)25-13-14-26-22/h2,7-8,15-17,24H,1,3-6,9-14H2. The lowest BCUT2D eigenvalue weighted by Gasteiger charge is -2.41. The van der Waals surface area contributed by atoms with Crippen LogP contribution < -0.4 is 0 Å². The Morgan fingerprint density at radius 2 is 1.69 bits per heavy atom. The van der Waals surface area contributed by atoms with Gasteiger partial charge in [-0.05, 0) is 62.0 Å². The van der Waals surface area contributed by atoms with Crippen LogP contribution in [0.15, 0.2) is 30.9 Å². The zero-order valence-electron chi connectivity index (χ0n) is 15.4. The molecule has 2 aliphatic carbocycles. The largest absolute Gasteiger partial charge is 0.385 e. The summed E-state index contributed by atoms with van der Waals surface area (Å²) in [7, 11) is 0. The van der Waals surface area contributed by atoms with Crippen molar-refractivity contribution >= 4 is 0 Å². The van der Waals surface area contributed by atoms with E-state index in [4.69, 9.17) is 9.47 Å². The highest BCUT2D eigenvalue weighted by Crippen LogP contribution is 2.46. The van der Waals surface area contributed by atoms with Crippen molar-refractivity contribution in [1.82, 2.24) is 0 Å². The molecule has 0 bridgehead atoms. The molecule has 0 amide bonds. The number of allylic oxidation sites excluding steroid dienone is 1. The van der Waals surface area contributed by atoms with Crippen molar-refractivity contribution in [2.45, 2.75) is 68.7 Å². The molecule has 1 saturated heterocycles. The minimum atomic E-state index is -1.12. The molecule has 1 heterocycles. The molecule has 1 aliphatic heterocycles. The van der Waals surface area contributed by atoms with Gasteiger partial charge in [0.1, 0.15) is 5.82 Å². The zero-order valence-corrected chi connectivity index (χ0v) is 15.4. The molecule has 142 valence electrons. The lowest BCUT2D eigenvalue weighted by Crippen LogP contribution is -2.42. The minimum Gasteiger partial charge on any atom is -0.385 e. The smallest absolute Gasteiger partial charge is 0.168 e. The Morgan fingerprint density at radius 3 is 2.27 bits per heavy atom. The molecule has 1 aromatic rings. The first-order valence-corrected chi connectivity index (χ1v) is 9.96. The molecular weight excluding hydrogens is 331 g/mol. The van der Waals surface area contributed by atoms with Gasteiger partial charge in [-0.15, -0.1) is 6.58 Å². The Balaban J connectivity index is 1.47. The summed E-state index contributed by atoms with van der Waals surface area (Å²) in [6.45, 7) is 5.10. The second-order valence-corrected chi connectivity index (χ2v) is 8.23. The lowest BCUT2D eigenvalue weighted by atomic mass is 9.75. The van der Waals surface area contributed by atoms with Crippen LogP contribution in [0.1, 0.15) is 68.4 Å². The summed E-state index contributed by atoms with van der Waals surface area (Å²) in [5, 5.41) is 11.1. The number of aliphatic hydroxyl groups is 1. The third-order valence-corrected chi connectivity index (χ3v) is 6.72. The van der Waals surface area contributed by atoms with E-state index in [1.165, 1.54) is 0 Å². The molecule has 0 unspecified atom stereocenters. The van der Waals surface area contributed by atoms with Crippen molar-refractivity contribution in [2.75, 3.05) is 13.2 Å². The van der Waals surface area contributed by atoms with Crippen molar-refractivity contribution in [3.8, 4) is 0 Å². The number of ether oxygens (including phenoxy) is 2. The van der Waals surface area contributed by atoms with Crippen LogP contribution in [-0.2, 0) is 15.1 Å². The number of hydrogen-bond acceptors (Lipinski definition) is 3. The second kappa shape index (κ2) is 7.06. The number of benzene rings is 1. The van der Waals surface area contributed by atoms with Gasteiger partial charge in [-0.2, -0.15) is 0 Å². The van der Waals surface area contributed by atoms with Crippen LogP contribution in [0.2, 0.25) is 0 Å². The van der Waals surface area contributed by atoms with E-state index in [2.05, 4.69) is 6.58 Å². The Bertz CT molecular complexity index is 647. The first-order chi connectivity index (χ1) is 12.5. The summed E-state index contributed by atoms with van der Waals surface area (Å²) in [6.07, 6.45) is 8.61. The van der Waals surface area contributed by atoms with Gasteiger partial charge >= 0.3 is 0 Å². The first kappa shape index (κ1) is 18.1. The average molecular weight is 360 g/mol. The zero-order chi connectivity index (χ0) is 18.2. The molecular formula is C22H29FO3. The molecule has 1 N–H and O–H groups in total. The molecule has 0 atom stereocenters. The molecule has 3 fully saturated rings. The Kier molecular flexibility index (Phi) is 4.93. The van der Waals surface area contributed by atoms with Gasteiger partial charge in [0.15, 0.2) is 5.79 Å². The molecule has 26 heavy (non-hydrogen) atoms. The van der Waals surface area contributed by atoms with Crippen LogP contribution in [-0.4, -0.2) is 24.1 Å². The van der Waals surface area contributed by atoms with Gasteiger partial charge < -0.3 is 14.6 Å². The van der Waals surface area contributed by atoms with E-state index in [9.17, 15) is 9.50 Å². The Labute approximate surface area is 155 Å². The summed E-state index contributed by atoms with van der Waals surface area (Å²) < 4.78 is 26.4. The Hall–Kier alpha value is -1.23. The van der Waals surface area contributed by atoms with E-state index in [1.54, 1.807) is 12.1 Å². The maximum absolute atomic E-state index is 14.9. The van der Waals surface area contributed by atoms with Crippen LogP contribution in [0.4, 0.5) is 4.39 Å². The first-order valence-electron chi connectivity index (χ1n) is 9.96. The molecule has 2 saturated carbocycles. The number of rotatable bonds is 3. The van der Waals surface area contributed by atoms with Crippen molar-refractivity contribution in [3.63, 3.8) is 0 Å². The van der Waals surface area contributed by atoms with Crippen molar-refractivity contribution < 1.29 is 19.0 Å². The molecule has 1 spiro atoms. The maximum Gasteiger partial charge on any atom is 0.168 e. The van der Waals surface area contributed by atoms with Crippen LogP contribution in [0, 0.1) is 11.7 Å². The third kappa shape index (κ3) is 3.35. The van der Waals surface area contributed by atoms with Gasteiger partial charge in [0.2, 0.25) is 0 Å².